The van der Waals surface area contributed by atoms with Crippen molar-refractivity contribution in [1.82, 2.24) is 10.5 Å². The fourth-order valence-corrected chi connectivity index (χ4v) is 2.42. The van der Waals surface area contributed by atoms with Gasteiger partial charge in [0, 0.05) is 11.6 Å². The number of aromatic nitrogens is 1. The number of para-hydroxylation sites is 1. The van der Waals surface area contributed by atoms with Crippen LogP contribution in [0.2, 0.25) is 5.02 Å². The molecule has 22 heavy (non-hydrogen) atoms. The molecule has 4 nitrogen and oxygen atoms in total. The number of nitrogens with zero attached hydrogens (tertiary/aromatic N) is 1. The van der Waals surface area contributed by atoms with Crippen LogP contribution in [-0.4, -0.2) is 16.8 Å². The van der Waals surface area contributed by atoms with Gasteiger partial charge in [-0.2, -0.15) is 0 Å². The van der Waals surface area contributed by atoms with Gasteiger partial charge in [-0.3, -0.25) is 0 Å². The first kappa shape index (κ1) is 14.8. The molecule has 0 atom stereocenters. The molecule has 2 aromatic carbocycles. The monoisotopic (exact) mass is 331 g/mol. The number of nitrogens with one attached hydrogen (secondary N) is 2. The molecule has 1 heterocycles. The quantitative estimate of drug-likeness (QED) is 0.707. The Hall–Kier alpha value is -2.11. The van der Waals surface area contributed by atoms with Gasteiger partial charge >= 0.3 is 0 Å². The second-order valence-electron chi connectivity index (χ2n) is 4.78. The van der Waals surface area contributed by atoms with Gasteiger partial charge in [-0.15, -0.1) is 0 Å². The lowest BCUT2D eigenvalue weighted by Crippen LogP contribution is -2.30. The van der Waals surface area contributed by atoms with Crippen LogP contribution in [0.1, 0.15) is 5.56 Å². The van der Waals surface area contributed by atoms with Crippen LogP contribution in [0.5, 0.6) is 0 Å². The van der Waals surface area contributed by atoms with E-state index in [9.17, 15) is 0 Å². The maximum absolute atomic E-state index is 5.86. The highest BCUT2D eigenvalue weighted by atomic mass is 35.5. The van der Waals surface area contributed by atoms with Crippen molar-refractivity contribution >= 4 is 45.7 Å². The van der Waals surface area contributed by atoms with Crippen molar-refractivity contribution in [1.29, 1.82) is 0 Å². The molecule has 0 aliphatic rings. The van der Waals surface area contributed by atoms with E-state index in [0.717, 1.165) is 29.0 Å². The third kappa shape index (κ3) is 3.55. The zero-order valence-corrected chi connectivity index (χ0v) is 13.2. The van der Waals surface area contributed by atoms with E-state index in [1.807, 2.05) is 48.5 Å². The summed E-state index contributed by atoms with van der Waals surface area (Å²) < 4.78 is 5.22. The van der Waals surface area contributed by atoms with Crippen molar-refractivity contribution in [2.45, 2.75) is 6.42 Å². The topological polar surface area (TPSA) is 50.1 Å². The summed E-state index contributed by atoms with van der Waals surface area (Å²) in [6, 6.07) is 15.4. The van der Waals surface area contributed by atoms with Crippen LogP contribution in [0.15, 0.2) is 53.1 Å². The predicted octanol–water partition coefficient (Wildman–Crippen LogP) is 4.01. The highest BCUT2D eigenvalue weighted by Crippen LogP contribution is 2.21. The van der Waals surface area contributed by atoms with Crippen LogP contribution in [0.25, 0.3) is 11.0 Å². The normalized spacial score (nSPS) is 10.6. The molecule has 3 aromatic rings. The lowest BCUT2D eigenvalue weighted by Gasteiger charge is -2.08. The molecule has 0 aliphatic heterocycles. The summed E-state index contributed by atoms with van der Waals surface area (Å²) in [7, 11) is 0. The molecular formula is C16H14ClN3OS. The maximum atomic E-state index is 5.86. The molecule has 0 unspecified atom stereocenters. The summed E-state index contributed by atoms with van der Waals surface area (Å²) in [6.45, 7) is 0.725. The molecule has 0 spiro atoms. The van der Waals surface area contributed by atoms with Crippen LogP contribution in [0.3, 0.4) is 0 Å². The van der Waals surface area contributed by atoms with E-state index in [2.05, 4.69) is 15.8 Å². The first-order chi connectivity index (χ1) is 10.7. The van der Waals surface area contributed by atoms with E-state index in [4.69, 9.17) is 28.3 Å². The number of anilines is 1. The van der Waals surface area contributed by atoms with E-state index in [0.29, 0.717) is 10.9 Å². The Morgan fingerprint density at radius 2 is 1.91 bits per heavy atom. The van der Waals surface area contributed by atoms with Gasteiger partial charge in [0.15, 0.2) is 16.5 Å². The molecule has 112 valence electrons. The number of hydrogen-bond acceptors (Lipinski definition) is 3. The molecule has 0 fully saturated rings. The number of rotatable bonds is 4. The third-order valence-electron chi connectivity index (χ3n) is 3.22. The molecule has 0 saturated carbocycles. The second-order valence-corrected chi connectivity index (χ2v) is 5.63. The van der Waals surface area contributed by atoms with Gasteiger partial charge in [-0.25, -0.2) is 0 Å². The summed E-state index contributed by atoms with van der Waals surface area (Å²) in [5, 5.41) is 12.4. The van der Waals surface area contributed by atoms with E-state index >= 15 is 0 Å². The molecule has 0 saturated heterocycles. The molecule has 6 heteroatoms. The van der Waals surface area contributed by atoms with Crippen molar-refractivity contribution < 1.29 is 4.52 Å². The minimum absolute atomic E-state index is 0.521. The standard InChI is InChI=1S/C16H14ClN3OS/c17-12-7-5-11(6-8-12)9-10-18-16(22)19-15-13-3-1-2-4-14(13)21-20-15/h1-8H,9-10H2,(H2,18,19,20,22). The minimum Gasteiger partial charge on any atom is -0.362 e. The molecule has 2 N–H and O–H groups in total. The molecule has 3 rings (SSSR count). The van der Waals surface area contributed by atoms with Crippen LogP contribution in [-0.2, 0) is 6.42 Å². The summed E-state index contributed by atoms with van der Waals surface area (Å²) in [5.74, 6) is 0.625. The number of halogens is 1. The maximum Gasteiger partial charge on any atom is 0.183 e. The summed E-state index contributed by atoms with van der Waals surface area (Å²) in [5.41, 5.74) is 1.93. The summed E-state index contributed by atoms with van der Waals surface area (Å²) in [4.78, 5) is 0. The minimum atomic E-state index is 0.521. The smallest absolute Gasteiger partial charge is 0.183 e. The number of benzene rings is 2. The average Bonchev–Trinajstić information content (AvgIpc) is 2.93. The summed E-state index contributed by atoms with van der Waals surface area (Å²) in [6.07, 6.45) is 0.860. The first-order valence-corrected chi connectivity index (χ1v) is 7.65. The second kappa shape index (κ2) is 6.77. The van der Waals surface area contributed by atoms with Gasteiger partial charge in [0.1, 0.15) is 0 Å². The molecule has 1 aromatic heterocycles. The van der Waals surface area contributed by atoms with Gasteiger partial charge < -0.3 is 15.2 Å². The molecule has 0 aliphatic carbocycles. The fourth-order valence-electron chi connectivity index (χ4n) is 2.10. The van der Waals surface area contributed by atoms with Crippen molar-refractivity contribution in [3.05, 3.63) is 59.1 Å². The highest BCUT2D eigenvalue weighted by Gasteiger charge is 2.08. The van der Waals surface area contributed by atoms with Gasteiger partial charge in [0.05, 0.1) is 5.39 Å². The Labute approximate surface area is 138 Å². The molecule has 0 bridgehead atoms. The van der Waals surface area contributed by atoms with Crippen molar-refractivity contribution in [3.63, 3.8) is 0 Å². The van der Waals surface area contributed by atoms with E-state index in [1.165, 1.54) is 5.56 Å². The van der Waals surface area contributed by atoms with Crippen LogP contribution < -0.4 is 10.6 Å². The lowest BCUT2D eigenvalue weighted by atomic mass is 10.1. The fraction of sp³-hybridized carbons (Fsp3) is 0.125. The van der Waals surface area contributed by atoms with E-state index < -0.39 is 0 Å². The van der Waals surface area contributed by atoms with Crippen molar-refractivity contribution in [2.75, 3.05) is 11.9 Å². The van der Waals surface area contributed by atoms with Gasteiger partial charge in [-0.1, -0.05) is 41.0 Å². The van der Waals surface area contributed by atoms with Crippen LogP contribution >= 0.6 is 23.8 Å². The zero-order valence-electron chi connectivity index (χ0n) is 11.7. The Bertz CT molecular complexity index is 785. The van der Waals surface area contributed by atoms with Gasteiger partial charge in [0.25, 0.3) is 0 Å². The van der Waals surface area contributed by atoms with Crippen molar-refractivity contribution in [2.24, 2.45) is 0 Å². The van der Waals surface area contributed by atoms with E-state index in [1.54, 1.807) is 0 Å². The van der Waals surface area contributed by atoms with E-state index in [-0.39, 0.29) is 0 Å². The van der Waals surface area contributed by atoms with Crippen LogP contribution in [0, 0.1) is 0 Å². The van der Waals surface area contributed by atoms with Crippen molar-refractivity contribution in [3.8, 4) is 0 Å². The number of fused-ring (bicyclic) bond motifs is 1. The Balaban J connectivity index is 1.53. The Morgan fingerprint density at radius 3 is 2.73 bits per heavy atom. The molecule has 0 radical (unpaired) electrons. The summed E-state index contributed by atoms with van der Waals surface area (Å²) >= 11 is 11.1. The average molecular weight is 332 g/mol. The predicted molar refractivity (Wildman–Crippen MR) is 93.4 cm³/mol. The van der Waals surface area contributed by atoms with Gasteiger partial charge in [0.2, 0.25) is 0 Å². The first-order valence-electron chi connectivity index (χ1n) is 6.86. The third-order valence-corrected chi connectivity index (χ3v) is 3.72. The molecular weight excluding hydrogens is 318 g/mol. The Kier molecular flexibility index (Phi) is 4.56. The highest BCUT2D eigenvalue weighted by molar-refractivity contribution is 7.80. The van der Waals surface area contributed by atoms with Crippen LogP contribution in [0.4, 0.5) is 5.82 Å². The number of thiocarbonyl (C=S) groups is 1. The largest absolute Gasteiger partial charge is 0.362 e. The SMILES string of the molecule is S=C(NCCc1ccc(Cl)cc1)Nc1noc2ccccc12. The molecule has 0 amide bonds. The lowest BCUT2D eigenvalue weighted by molar-refractivity contribution is 0.460. The van der Waals surface area contributed by atoms with Gasteiger partial charge in [-0.05, 0) is 48.5 Å². The number of hydrogen-bond donors (Lipinski definition) is 2. The zero-order chi connectivity index (χ0) is 15.4. The Morgan fingerprint density at radius 1 is 1.14 bits per heavy atom.